The number of aliphatic hydroxyl groups excluding tert-OH is 3. The van der Waals surface area contributed by atoms with Crippen molar-refractivity contribution in [2.45, 2.75) is 24.4 Å². The van der Waals surface area contributed by atoms with Crippen LogP contribution >= 0.6 is 0 Å². The third-order valence-corrected chi connectivity index (χ3v) is 1.71. The van der Waals surface area contributed by atoms with Gasteiger partial charge in [-0.25, -0.2) is 0 Å². The summed E-state index contributed by atoms with van der Waals surface area (Å²) in [5.74, 6) is 0. The quantitative estimate of drug-likeness (QED) is 0.396. The first-order valence-electron chi connectivity index (χ1n) is 3.28. The minimum Gasteiger partial charge on any atom is -0.394 e. The van der Waals surface area contributed by atoms with E-state index < -0.39 is 31.0 Å². The Kier molecular flexibility index (Phi) is 2.56. The van der Waals surface area contributed by atoms with Crippen molar-refractivity contribution >= 4 is 6.29 Å². The number of carbonyl (C=O) groups excluding carboxylic acids is 1. The van der Waals surface area contributed by atoms with Gasteiger partial charge in [0.15, 0.2) is 6.29 Å². The van der Waals surface area contributed by atoms with Crippen LogP contribution in [-0.4, -0.2) is 52.6 Å². The molecule has 0 aromatic heterocycles. The first kappa shape index (κ1) is 8.61. The van der Waals surface area contributed by atoms with Gasteiger partial charge in [-0.1, -0.05) is 0 Å². The summed E-state index contributed by atoms with van der Waals surface area (Å²) in [5, 5.41) is 26.7. The molecule has 1 fully saturated rings. The zero-order chi connectivity index (χ0) is 8.43. The molecule has 0 spiro atoms. The minimum atomic E-state index is -1.22. The summed E-state index contributed by atoms with van der Waals surface area (Å²) >= 11 is 0. The maximum Gasteiger partial charge on any atom is 0.151 e. The second-order valence-electron chi connectivity index (χ2n) is 2.44. The van der Waals surface area contributed by atoms with Crippen molar-refractivity contribution in [1.82, 2.24) is 0 Å². The lowest BCUT2D eigenvalue weighted by Gasteiger charge is -2.10. The van der Waals surface area contributed by atoms with Crippen LogP contribution in [0.1, 0.15) is 0 Å². The van der Waals surface area contributed by atoms with E-state index in [1.54, 1.807) is 0 Å². The molecule has 0 aliphatic carbocycles. The molecule has 1 aliphatic rings. The first-order chi connectivity index (χ1) is 5.20. The monoisotopic (exact) mass is 162 g/mol. The lowest BCUT2D eigenvalue weighted by atomic mass is 10.1. The fourth-order valence-electron chi connectivity index (χ4n) is 1.04. The van der Waals surface area contributed by atoms with Gasteiger partial charge in [-0.2, -0.15) is 0 Å². The topological polar surface area (TPSA) is 87.0 Å². The maximum absolute atomic E-state index is 10.1. The van der Waals surface area contributed by atoms with Gasteiger partial charge in [0.2, 0.25) is 0 Å². The molecule has 11 heavy (non-hydrogen) atoms. The van der Waals surface area contributed by atoms with E-state index in [0.29, 0.717) is 6.29 Å². The molecule has 0 amide bonds. The molecule has 1 aliphatic heterocycles. The van der Waals surface area contributed by atoms with Crippen LogP contribution in [0.2, 0.25) is 0 Å². The number of aldehydes is 1. The Morgan fingerprint density at radius 3 is 2.27 bits per heavy atom. The summed E-state index contributed by atoms with van der Waals surface area (Å²) < 4.78 is 4.77. The molecule has 0 unspecified atom stereocenters. The van der Waals surface area contributed by atoms with Crippen LogP contribution in [0.25, 0.3) is 0 Å². The molecule has 0 radical (unpaired) electrons. The third kappa shape index (κ3) is 1.41. The second kappa shape index (κ2) is 3.27. The van der Waals surface area contributed by atoms with E-state index in [1.807, 2.05) is 0 Å². The number of ether oxygens (including phenoxy) is 1. The Hall–Kier alpha value is -0.490. The molecule has 5 heteroatoms. The Balaban J connectivity index is 2.60. The molecule has 5 nitrogen and oxygen atoms in total. The predicted octanol–water partition coefficient (Wildman–Crippen LogP) is -2.33. The summed E-state index contributed by atoms with van der Waals surface area (Å²) in [5.41, 5.74) is 0. The van der Waals surface area contributed by atoms with Crippen molar-refractivity contribution in [1.29, 1.82) is 0 Å². The van der Waals surface area contributed by atoms with Gasteiger partial charge in [-0.05, 0) is 0 Å². The molecular weight excluding hydrogens is 152 g/mol. The molecule has 1 rings (SSSR count). The first-order valence-corrected chi connectivity index (χ1v) is 3.28. The van der Waals surface area contributed by atoms with Crippen LogP contribution in [-0.2, 0) is 9.53 Å². The van der Waals surface area contributed by atoms with E-state index in [2.05, 4.69) is 0 Å². The van der Waals surface area contributed by atoms with Gasteiger partial charge in [0, 0.05) is 0 Å². The molecule has 0 aromatic rings. The van der Waals surface area contributed by atoms with Gasteiger partial charge in [0.05, 0.1) is 6.61 Å². The highest BCUT2D eigenvalue weighted by atomic mass is 16.6. The van der Waals surface area contributed by atoms with Crippen molar-refractivity contribution in [2.75, 3.05) is 6.61 Å². The maximum atomic E-state index is 10.1. The second-order valence-corrected chi connectivity index (χ2v) is 2.44. The van der Waals surface area contributed by atoms with E-state index in [1.165, 1.54) is 0 Å². The lowest BCUT2D eigenvalue weighted by Crippen LogP contribution is -2.34. The lowest BCUT2D eigenvalue weighted by molar-refractivity contribution is -0.121. The van der Waals surface area contributed by atoms with Crippen molar-refractivity contribution in [3.8, 4) is 0 Å². The Morgan fingerprint density at radius 1 is 1.36 bits per heavy atom. The molecule has 4 atom stereocenters. The van der Waals surface area contributed by atoms with Crippen molar-refractivity contribution in [2.24, 2.45) is 0 Å². The largest absolute Gasteiger partial charge is 0.394 e. The van der Waals surface area contributed by atoms with Crippen molar-refractivity contribution < 1.29 is 24.9 Å². The van der Waals surface area contributed by atoms with Gasteiger partial charge in [-0.15, -0.1) is 0 Å². The average molecular weight is 162 g/mol. The van der Waals surface area contributed by atoms with Crippen LogP contribution in [0.15, 0.2) is 0 Å². The standard InChI is InChI=1S/C6H10O5/c7-1-3-5(9)6(10)4(2-8)11-3/h1,3-6,8-10H,2H2/t3-,4-,5-,6+/m0/s1. The Labute approximate surface area is 63.2 Å². The zero-order valence-corrected chi connectivity index (χ0v) is 5.75. The number of rotatable bonds is 2. The van der Waals surface area contributed by atoms with E-state index in [-0.39, 0.29) is 0 Å². The zero-order valence-electron chi connectivity index (χ0n) is 5.75. The molecule has 0 saturated carbocycles. The predicted molar refractivity (Wildman–Crippen MR) is 33.8 cm³/mol. The van der Waals surface area contributed by atoms with Crippen molar-refractivity contribution in [3.05, 3.63) is 0 Å². The molecule has 64 valence electrons. The van der Waals surface area contributed by atoms with Gasteiger partial charge in [0.25, 0.3) is 0 Å². The molecule has 1 heterocycles. The molecule has 0 bridgehead atoms. The third-order valence-electron chi connectivity index (χ3n) is 1.71. The summed E-state index contributed by atoms with van der Waals surface area (Å²) in [6.07, 6.45) is -3.84. The molecule has 1 saturated heterocycles. The van der Waals surface area contributed by atoms with E-state index in [0.717, 1.165) is 0 Å². The van der Waals surface area contributed by atoms with Crippen molar-refractivity contribution in [3.63, 3.8) is 0 Å². The number of aliphatic hydroxyl groups is 3. The fraction of sp³-hybridized carbons (Fsp3) is 0.833. The van der Waals surface area contributed by atoms with E-state index >= 15 is 0 Å². The van der Waals surface area contributed by atoms with Gasteiger partial charge in [0.1, 0.15) is 24.4 Å². The van der Waals surface area contributed by atoms with E-state index in [4.69, 9.17) is 20.1 Å². The summed E-state index contributed by atoms with van der Waals surface area (Å²) in [4.78, 5) is 10.1. The SMILES string of the molecule is O=C[C@@H]1O[C@@H](CO)[C@@H](O)[C@H]1O. The minimum absolute atomic E-state index is 0.400. The Bertz CT molecular complexity index is 148. The highest BCUT2D eigenvalue weighted by molar-refractivity contribution is 5.58. The molecule has 3 N–H and O–H groups in total. The highest BCUT2D eigenvalue weighted by Gasteiger charge is 2.41. The van der Waals surface area contributed by atoms with Crippen LogP contribution in [0, 0.1) is 0 Å². The highest BCUT2D eigenvalue weighted by Crippen LogP contribution is 2.19. The van der Waals surface area contributed by atoms with Crippen LogP contribution in [0.3, 0.4) is 0 Å². The normalized spacial score (nSPS) is 44.3. The number of hydrogen-bond acceptors (Lipinski definition) is 5. The smallest absolute Gasteiger partial charge is 0.151 e. The summed E-state index contributed by atoms with van der Waals surface area (Å²) in [6, 6.07) is 0. The summed E-state index contributed by atoms with van der Waals surface area (Å²) in [6.45, 7) is -0.400. The molecule has 0 aromatic carbocycles. The van der Waals surface area contributed by atoms with Gasteiger partial charge in [-0.3, -0.25) is 0 Å². The Morgan fingerprint density at radius 2 is 2.00 bits per heavy atom. The fourth-order valence-corrected chi connectivity index (χ4v) is 1.04. The number of hydrogen-bond donors (Lipinski definition) is 3. The average Bonchev–Trinajstić information content (AvgIpc) is 2.30. The van der Waals surface area contributed by atoms with Crippen LogP contribution < -0.4 is 0 Å². The summed E-state index contributed by atoms with van der Waals surface area (Å²) in [7, 11) is 0. The van der Waals surface area contributed by atoms with E-state index in [9.17, 15) is 4.79 Å². The van der Waals surface area contributed by atoms with Crippen LogP contribution in [0.5, 0.6) is 0 Å². The van der Waals surface area contributed by atoms with Crippen LogP contribution in [0.4, 0.5) is 0 Å². The molecular formula is C6H10O5. The number of carbonyl (C=O) groups is 1. The van der Waals surface area contributed by atoms with Gasteiger partial charge < -0.3 is 24.9 Å². The van der Waals surface area contributed by atoms with Gasteiger partial charge >= 0.3 is 0 Å².